The van der Waals surface area contributed by atoms with Crippen LogP contribution in [-0.2, 0) is 6.54 Å². The van der Waals surface area contributed by atoms with E-state index in [1.807, 2.05) is 10.9 Å². The maximum Gasteiger partial charge on any atom is 0.102 e. The number of rotatable bonds is 3. The highest BCUT2D eigenvalue weighted by Gasteiger charge is 2.69. The maximum atomic E-state index is 10.7. The number of fused-ring (bicyclic) bond motifs is 7. The molecular formula is C27H39N3O. The largest absolute Gasteiger partial charge is 0.390 e. The van der Waals surface area contributed by atoms with Crippen LogP contribution in [0.15, 0.2) is 12.4 Å². The highest BCUT2D eigenvalue weighted by Crippen LogP contribution is 2.76. The predicted octanol–water partition coefficient (Wildman–Crippen LogP) is 5.27. The first-order valence-electron chi connectivity index (χ1n) is 13.0. The van der Waals surface area contributed by atoms with E-state index in [0.29, 0.717) is 16.9 Å². The van der Waals surface area contributed by atoms with Crippen molar-refractivity contribution in [1.29, 1.82) is 5.26 Å². The molecule has 5 aliphatic rings. The Bertz CT molecular complexity index is 899. The van der Waals surface area contributed by atoms with Crippen molar-refractivity contribution >= 4 is 0 Å². The smallest absolute Gasteiger partial charge is 0.102 e. The van der Waals surface area contributed by atoms with E-state index in [0.717, 1.165) is 66.7 Å². The van der Waals surface area contributed by atoms with Crippen molar-refractivity contribution in [2.45, 2.75) is 84.3 Å². The molecule has 0 aliphatic heterocycles. The molecule has 6 rings (SSSR count). The summed E-state index contributed by atoms with van der Waals surface area (Å²) in [6, 6.07) is 2.22. The Hall–Kier alpha value is -1.34. The lowest BCUT2D eigenvalue weighted by Gasteiger charge is -2.58. The minimum absolute atomic E-state index is 0.412. The molecule has 0 radical (unpaired) electrons. The van der Waals surface area contributed by atoms with Crippen molar-refractivity contribution in [2.75, 3.05) is 0 Å². The fourth-order valence-electron chi connectivity index (χ4n) is 10.1. The van der Waals surface area contributed by atoms with E-state index in [1.54, 1.807) is 6.20 Å². The number of hydrogen-bond donors (Lipinski definition) is 1. The summed E-state index contributed by atoms with van der Waals surface area (Å²) in [5, 5.41) is 24.3. The van der Waals surface area contributed by atoms with E-state index in [9.17, 15) is 5.11 Å². The molecule has 5 saturated carbocycles. The van der Waals surface area contributed by atoms with Crippen LogP contribution in [-0.4, -0.2) is 20.5 Å². The zero-order chi connectivity index (χ0) is 21.5. The van der Waals surface area contributed by atoms with Gasteiger partial charge in [-0.25, -0.2) is 0 Å². The molecule has 4 heteroatoms. The van der Waals surface area contributed by atoms with Gasteiger partial charge in [0.1, 0.15) is 6.07 Å². The first-order valence-corrected chi connectivity index (χ1v) is 13.0. The summed E-state index contributed by atoms with van der Waals surface area (Å²) in [7, 11) is 0. The summed E-state index contributed by atoms with van der Waals surface area (Å²) in [6.07, 6.45) is 14.0. The van der Waals surface area contributed by atoms with Crippen LogP contribution in [0.4, 0.5) is 0 Å². The van der Waals surface area contributed by atoms with Crippen LogP contribution in [0.1, 0.15) is 77.7 Å². The van der Waals surface area contributed by atoms with Gasteiger partial charge in [0.25, 0.3) is 0 Å². The molecule has 1 heterocycles. The first-order chi connectivity index (χ1) is 14.8. The van der Waals surface area contributed by atoms with Crippen LogP contribution in [0.5, 0.6) is 0 Å². The normalized spacial score (nSPS) is 51.1. The quantitative estimate of drug-likeness (QED) is 0.723. The summed E-state index contributed by atoms with van der Waals surface area (Å²) in [5.74, 6) is 7.77. The zero-order valence-electron chi connectivity index (χ0n) is 19.5. The molecule has 0 bridgehead atoms. The molecule has 0 spiro atoms. The van der Waals surface area contributed by atoms with E-state index < -0.39 is 5.60 Å². The van der Waals surface area contributed by atoms with Gasteiger partial charge in [-0.1, -0.05) is 13.8 Å². The summed E-state index contributed by atoms with van der Waals surface area (Å²) in [4.78, 5) is 0. The maximum absolute atomic E-state index is 10.7. The Morgan fingerprint density at radius 1 is 1.13 bits per heavy atom. The third-order valence-electron chi connectivity index (χ3n) is 11.0. The van der Waals surface area contributed by atoms with Crippen LogP contribution in [0, 0.1) is 70.0 Å². The molecule has 1 aromatic rings. The van der Waals surface area contributed by atoms with Crippen molar-refractivity contribution in [3.8, 4) is 6.07 Å². The van der Waals surface area contributed by atoms with Gasteiger partial charge in [0.05, 0.1) is 17.4 Å². The Morgan fingerprint density at radius 3 is 2.71 bits per heavy atom. The molecule has 5 fully saturated rings. The lowest BCUT2D eigenvalue weighted by molar-refractivity contribution is -0.111. The SMILES string of the molecule is CC(Cn1cc(C#N)cn1)[C@H]1[C@H]2C[C@H]2[C@H]2[C@@H]3CC[C@@H]4C[C@](C)(O)CC[C@@H]4[C@H]3CC[C@@]21C. The van der Waals surface area contributed by atoms with Crippen LogP contribution in [0.25, 0.3) is 0 Å². The molecule has 1 N–H and O–H groups in total. The lowest BCUT2D eigenvalue weighted by Crippen LogP contribution is -2.52. The molecule has 4 nitrogen and oxygen atoms in total. The Labute approximate surface area is 187 Å². The topological polar surface area (TPSA) is 61.8 Å². The van der Waals surface area contributed by atoms with Crippen molar-refractivity contribution in [3.63, 3.8) is 0 Å². The van der Waals surface area contributed by atoms with Crippen molar-refractivity contribution in [3.05, 3.63) is 18.0 Å². The van der Waals surface area contributed by atoms with Crippen LogP contribution < -0.4 is 0 Å². The van der Waals surface area contributed by atoms with Crippen LogP contribution in [0.3, 0.4) is 0 Å². The molecule has 168 valence electrons. The minimum atomic E-state index is -0.412. The zero-order valence-corrected chi connectivity index (χ0v) is 19.5. The second-order valence-corrected chi connectivity index (χ2v) is 12.8. The van der Waals surface area contributed by atoms with Gasteiger partial charge >= 0.3 is 0 Å². The molecule has 11 atom stereocenters. The van der Waals surface area contributed by atoms with E-state index in [1.165, 1.54) is 38.5 Å². The average Bonchev–Trinajstić information content (AvgIpc) is 3.23. The predicted molar refractivity (Wildman–Crippen MR) is 120 cm³/mol. The lowest BCUT2D eigenvalue weighted by atomic mass is 9.47. The van der Waals surface area contributed by atoms with Crippen LogP contribution in [0.2, 0.25) is 0 Å². The fraction of sp³-hybridized carbons (Fsp3) is 0.852. The molecule has 31 heavy (non-hydrogen) atoms. The molecule has 1 unspecified atom stereocenters. The molecule has 0 amide bonds. The van der Waals surface area contributed by atoms with Gasteiger partial charge in [0.15, 0.2) is 0 Å². The van der Waals surface area contributed by atoms with Gasteiger partial charge in [-0.2, -0.15) is 10.4 Å². The van der Waals surface area contributed by atoms with Crippen LogP contribution >= 0.6 is 0 Å². The van der Waals surface area contributed by atoms with Crippen molar-refractivity contribution in [1.82, 2.24) is 9.78 Å². The monoisotopic (exact) mass is 421 g/mol. The Balaban J connectivity index is 1.22. The second kappa shape index (κ2) is 6.83. The second-order valence-electron chi connectivity index (χ2n) is 12.8. The van der Waals surface area contributed by atoms with Gasteiger partial charge < -0.3 is 5.11 Å². The standard InChI is InChI=1S/C27H39N3O/c1-16(14-30-15-17(12-28)13-29-30)24-22-10-23(22)25-21-5-4-18-11-26(2,31)8-6-19(18)20(21)7-9-27(24,25)3/h13,15-16,18-25,31H,4-11,14H2,1-3H3/t16?,18-,19+,20-,21-,22+,23-,24+,25-,26-,27-/m1/s1. The van der Waals surface area contributed by atoms with E-state index in [4.69, 9.17) is 5.26 Å². The average molecular weight is 422 g/mol. The van der Waals surface area contributed by atoms with Gasteiger partial charge in [-0.3, -0.25) is 4.68 Å². The summed E-state index contributed by atoms with van der Waals surface area (Å²) >= 11 is 0. The first kappa shape index (κ1) is 20.3. The Kier molecular flexibility index (Phi) is 4.47. The number of nitriles is 1. The summed E-state index contributed by atoms with van der Waals surface area (Å²) < 4.78 is 2.02. The van der Waals surface area contributed by atoms with Crippen molar-refractivity contribution < 1.29 is 5.11 Å². The van der Waals surface area contributed by atoms with E-state index in [-0.39, 0.29) is 0 Å². The minimum Gasteiger partial charge on any atom is -0.390 e. The third kappa shape index (κ3) is 3.05. The molecule has 0 aromatic carbocycles. The van der Waals surface area contributed by atoms with Gasteiger partial charge in [-0.15, -0.1) is 0 Å². The van der Waals surface area contributed by atoms with Crippen molar-refractivity contribution in [2.24, 2.45) is 58.7 Å². The number of nitrogens with zero attached hydrogens (tertiary/aromatic N) is 3. The fourth-order valence-corrected chi connectivity index (χ4v) is 10.1. The molecular weight excluding hydrogens is 382 g/mol. The summed E-state index contributed by atoms with van der Waals surface area (Å²) in [6.45, 7) is 8.13. The number of hydrogen-bond acceptors (Lipinski definition) is 3. The highest BCUT2D eigenvalue weighted by molar-refractivity contribution is 5.22. The van der Waals surface area contributed by atoms with Gasteiger partial charge in [0.2, 0.25) is 0 Å². The van der Waals surface area contributed by atoms with E-state index >= 15 is 0 Å². The Morgan fingerprint density at radius 2 is 1.94 bits per heavy atom. The molecule has 1 aromatic heterocycles. The molecule has 0 saturated heterocycles. The van der Waals surface area contributed by atoms with Gasteiger partial charge in [0, 0.05) is 12.7 Å². The third-order valence-corrected chi connectivity index (χ3v) is 11.0. The highest BCUT2D eigenvalue weighted by atomic mass is 16.3. The molecule has 5 aliphatic carbocycles. The number of aromatic nitrogens is 2. The van der Waals surface area contributed by atoms with Gasteiger partial charge in [-0.05, 0) is 117 Å². The number of aliphatic hydroxyl groups is 1. The summed E-state index contributed by atoms with van der Waals surface area (Å²) in [5.41, 5.74) is 0.757. The van der Waals surface area contributed by atoms with E-state index in [2.05, 4.69) is 31.9 Å².